The van der Waals surface area contributed by atoms with Gasteiger partial charge in [0.05, 0.1) is 0 Å². The number of carboxylic acid groups (broad SMARTS) is 1. The lowest BCUT2D eigenvalue weighted by molar-refractivity contribution is -0.129. The molecule has 68 valence electrons. The summed E-state index contributed by atoms with van der Waals surface area (Å²) in [6.07, 6.45) is 0.388. The molecule has 0 aliphatic heterocycles. The van der Waals surface area contributed by atoms with Crippen molar-refractivity contribution in [3.63, 3.8) is 0 Å². The number of aliphatic imine (C=N–C) groups is 1. The highest BCUT2D eigenvalue weighted by molar-refractivity contribution is 6.35. The number of carbonyl (C=O) groups is 1. The van der Waals surface area contributed by atoms with Gasteiger partial charge in [-0.25, -0.2) is 4.79 Å². The van der Waals surface area contributed by atoms with Crippen molar-refractivity contribution in [2.24, 2.45) is 10.1 Å². The molecule has 0 fully saturated rings. The fourth-order valence-electron chi connectivity index (χ4n) is 0.476. The molecule has 5 nitrogen and oxygen atoms in total. The Morgan fingerprint density at radius 1 is 1.58 bits per heavy atom. The summed E-state index contributed by atoms with van der Waals surface area (Å²) in [5, 5.41) is 12.2. The molecule has 0 aliphatic rings. The number of hydrazone groups is 1. The Labute approximate surface area is 71.2 Å². The van der Waals surface area contributed by atoms with E-state index in [1.165, 1.54) is 0 Å². The first-order valence-corrected chi connectivity index (χ1v) is 3.61. The number of hydrogen-bond donors (Lipinski definition) is 2. The van der Waals surface area contributed by atoms with Crippen molar-refractivity contribution in [3.8, 4) is 0 Å². The Kier molecular flexibility index (Phi) is 4.67. The summed E-state index contributed by atoms with van der Waals surface area (Å²) in [4.78, 5) is 14.2. The van der Waals surface area contributed by atoms with Gasteiger partial charge in [0.15, 0.2) is 0 Å². The average Bonchev–Trinajstić information content (AvgIpc) is 2.04. The summed E-state index contributed by atoms with van der Waals surface area (Å²) < 4.78 is 0. The van der Waals surface area contributed by atoms with E-state index in [2.05, 4.69) is 15.5 Å². The zero-order valence-corrected chi connectivity index (χ0v) is 7.46. The van der Waals surface area contributed by atoms with Crippen LogP contribution in [-0.4, -0.2) is 29.7 Å². The van der Waals surface area contributed by atoms with Crippen LogP contribution in [0.4, 0.5) is 0 Å². The van der Waals surface area contributed by atoms with Crippen molar-refractivity contribution >= 4 is 17.5 Å². The van der Waals surface area contributed by atoms with Crippen molar-refractivity contribution in [1.29, 1.82) is 0 Å². The molecular weight excluding hydrogens is 158 g/mol. The molecule has 0 spiro atoms. The van der Waals surface area contributed by atoms with Crippen molar-refractivity contribution < 1.29 is 9.90 Å². The molecule has 0 radical (unpaired) electrons. The van der Waals surface area contributed by atoms with Crippen LogP contribution in [0.15, 0.2) is 10.1 Å². The third-order valence-corrected chi connectivity index (χ3v) is 1.27. The molecular formula is C7H13N3O2. The van der Waals surface area contributed by atoms with Crippen molar-refractivity contribution in [3.05, 3.63) is 0 Å². The molecule has 0 unspecified atom stereocenters. The monoisotopic (exact) mass is 171 g/mol. The Hall–Kier alpha value is -1.39. The molecule has 0 aromatic heterocycles. The maximum Gasteiger partial charge on any atom is 0.352 e. The van der Waals surface area contributed by atoms with Gasteiger partial charge in [-0.2, -0.15) is 5.10 Å². The first-order valence-electron chi connectivity index (χ1n) is 3.61. The maximum atomic E-state index is 10.4. The smallest absolute Gasteiger partial charge is 0.352 e. The van der Waals surface area contributed by atoms with E-state index < -0.39 is 5.97 Å². The number of rotatable bonds is 3. The fourth-order valence-corrected chi connectivity index (χ4v) is 0.476. The summed E-state index contributed by atoms with van der Waals surface area (Å²) in [5.41, 5.74) is 2.62. The highest BCUT2D eigenvalue weighted by Crippen LogP contribution is 1.84. The summed E-state index contributed by atoms with van der Waals surface area (Å²) >= 11 is 0. The topological polar surface area (TPSA) is 74.0 Å². The lowest BCUT2D eigenvalue weighted by atomic mass is 10.3. The molecule has 12 heavy (non-hydrogen) atoms. The van der Waals surface area contributed by atoms with Gasteiger partial charge in [0.1, 0.15) is 11.5 Å². The summed E-state index contributed by atoms with van der Waals surface area (Å²) in [6.45, 7) is 3.44. The highest BCUT2D eigenvalue weighted by Gasteiger charge is 2.05. The van der Waals surface area contributed by atoms with Gasteiger partial charge in [0.25, 0.3) is 0 Å². The third kappa shape index (κ3) is 3.70. The van der Waals surface area contributed by atoms with Gasteiger partial charge in [0.2, 0.25) is 0 Å². The molecule has 0 aromatic rings. The maximum absolute atomic E-state index is 10.4. The van der Waals surface area contributed by atoms with Gasteiger partial charge in [-0.3, -0.25) is 10.4 Å². The van der Waals surface area contributed by atoms with Gasteiger partial charge < -0.3 is 5.11 Å². The number of nitrogens with one attached hydrogen (secondary N) is 1. The minimum absolute atomic E-state index is 0.0954. The molecule has 5 heteroatoms. The van der Waals surface area contributed by atoms with Crippen molar-refractivity contribution in [1.82, 2.24) is 5.43 Å². The SMILES string of the molecule is CC/C(=N\NC(C)=NC)C(=O)O. The highest BCUT2D eigenvalue weighted by atomic mass is 16.4. The lowest BCUT2D eigenvalue weighted by Crippen LogP contribution is -2.20. The molecule has 0 rings (SSSR count). The first kappa shape index (κ1) is 10.6. The molecule has 0 aliphatic carbocycles. The van der Waals surface area contributed by atoms with Gasteiger partial charge >= 0.3 is 5.97 Å². The van der Waals surface area contributed by atoms with Crippen LogP contribution >= 0.6 is 0 Å². The van der Waals surface area contributed by atoms with Gasteiger partial charge in [-0.05, 0) is 13.3 Å². The molecule has 0 saturated carbocycles. The third-order valence-electron chi connectivity index (χ3n) is 1.27. The average molecular weight is 171 g/mol. The minimum atomic E-state index is -1.01. The zero-order valence-electron chi connectivity index (χ0n) is 7.46. The largest absolute Gasteiger partial charge is 0.477 e. The van der Waals surface area contributed by atoms with E-state index in [4.69, 9.17) is 5.11 Å². The summed E-state index contributed by atoms with van der Waals surface area (Å²) in [6, 6.07) is 0. The summed E-state index contributed by atoms with van der Waals surface area (Å²) in [5.74, 6) is -0.420. The normalized spacial score (nSPS) is 12.9. The van der Waals surface area contributed by atoms with Gasteiger partial charge in [-0.1, -0.05) is 6.92 Å². The predicted molar refractivity (Wildman–Crippen MR) is 47.5 cm³/mol. The second-order valence-corrected chi connectivity index (χ2v) is 2.14. The van der Waals surface area contributed by atoms with E-state index in [1.54, 1.807) is 20.9 Å². The van der Waals surface area contributed by atoms with Crippen LogP contribution < -0.4 is 5.43 Å². The van der Waals surface area contributed by atoms with E-state index in [0.717, 1.165) is 0 Å². The quantitative estimate of drug-likeness (QED) is 0.368. The minimum Gasteiger partial charge on any atom is -0.477 e. The molecule has 0 aromatic carbocycles. The molecule has 0 atom stereocenters. The van der Waals surface area contributed by atoms with E-state index >= 15 is 0 Å². The Morgan fingerprint density at radius 3 is 2.50 bits per heavy atom. The number of hydrogen-bond acceptors (Lipinski definition) is 3. The van der Waals surface area contributed by atoms with E-state index in [0.29, 0.717) is 12.3 Å². The van der Waals surface area contributed by atoms with Crippen LogP contribution in [0.2, 0.25) is 0 Å². The lowest BCUT2D eigenvalue weighted by Gasteiger charge is -1.99. The second-order valence-electron chi connectivity index (χ2n) is 2.14. The fraction of sp³-hybridized carbons (Fsp3) is 0.571. The van der Waals surface area contributed by atoms with Crippen LogP contribution in [0.5, 0.6) is 0 Å². The van der Waals surface area contributed by atoms with Crippen LogP contribution in [0.3, 0.4) is 0 Å². The predicted octanol–water partition coefficient (Wildman–Crippen LogP) is 0.475. The number of aliphatic carboxylic acids is 1. The van der Waals surface area contributed by atoms with E-state index in [9.17, 15) is 4.79 Å². The Morgan fingerprint density at radius 2 is 2.17 bits per heavy atom. The van der Waals surface area contributed by atoms with Crippen LogP contribution in [0.25, 0.3) is 0 Å². The molecule has 0 bridgehead atoms. The summed E-state index contributed by atoms with van der Waals surface area (Å²) in [7, 11) is 1.60. The van der Waals surface area contributed by atoms with Gasteiger partial charge in [0, 0.05) is 7.05 Å². The zero-order chi connectivity index (χ0) is 9.56. The Bertz CT molecular complexity index is 221. The number of carboxylic acids is 1. The van der Waals surface area contributed by atoms with E-state index in [-0.39, 0.29) is 5.71 Å². The van der Waals surface area contributed by atoms with Crippen LogP contribution in [0.1, 0.15) is 20.3 Å². The van der Waals surface area contributed by atoms with Crippen molar-refractivity contribution in [2.45, 2.75) is 20.3 Å². The van der Waals surface area contributed by atoms with Crippen LogP contribution in [-0.2, 0) is 4.79 Å². The standard InChI is InChI=1S/C7H13N3O2/c1-4-6(7(11)12)10-9-5(2)8-3/h4H2,1-3H3,(H,8,9)(H,11,12)/b10-6+. The first-order chi connectivity index (χ1) is 5.61. The van der Waals surface area contributed by atoms with E-state index in [1.807, 2.05) is 0 Å². The molecule has 0 heterocycles. The number of amidine groups is 1. The van der Waals surface area contributed by atoms with Crippen molar-refractivity contribution in [2.75, 3.05) is 7.05 Å². The molecule has 0 amide bonds. The molecule has 2 N–H and O–H groups in total. The van der Waals surface area contributed by atoms with Crippen LogP contribution in [0, 0.1) is 0 Å². The number of nitrogens with zero attached hydrogens (tertiary/aromatic N) is 2. The second kappa shape index (κ2) is 5.29. The Balaban J connectivity index is 4.22. The molecule has 0 saturated heterocycles. The van der Waals surface area contributed by atoms with Gasteiger partial charge in [-0.15, -0.1) is 0 Å².